The van der Waals surface area contributed by atoms with Gasteiger partial charge < -0.3 is 15.4 Å². The number of nitrogens with zero attached hydrogens (tertiary/aromatic N) is 1. The number of piperidine rings is 1. The Morgan fingerprint density at radius 3 is 2.25 bits per heavy atom. The summed E-state index contributed by atoms with van der Waals surface area (Å²) in [6, 6.07) is 18.9. The van der Waals surface area contributed by atoms with Crippen LogP contribution in [0.5, 0.6) is 0 Å². The predicted molar refractivity (Wildman–Crippen MR) is 108 cm³/mol. The van der Waals surface area contributed by atoms with E-state index in [2.05, 4.69) is 44.5 Å². The summed E-state index contributed by atoms with van der Waals surface area (Å²) in [5.41, 5.74) is 2.03. The van der Waals surface area contributed by atoms with Gasteiger partial charge in [-0.15, -0.1) is 0 Å². The first kappa shape index (κ1) is 19.9. The van der Waals surface area contributed by atoms with Gasteiger partial charge >= 0.3 is 6.09 Å². The van der Waals surface area contributed by atoms with Crippen LogP contribution in [0.4, 0.5) is 4.79 Å². The molecule has 0 radical (unpaired) electrons. The molecule has 0 saturated carbocycles. The fourth-order valence-corrected chi connectivity index (χ4v) is 3.48. The van der Waals surface area contributed by atoms with E-state index in [1.807, 2.05) is 36.4 Å². The number of benzene rings is 2. The quantitative estimate of drug-likeness (QED) is 0.807. The molecule has 2 aromatic rings. The van der Waals surface area contributed by atoms with Crippen LogP contribution in [0.1, 0.15) is 30.0 Å². The van der Waals surface area contributed by atoms with Gasteiger partial charge in [-0.25, -0.2) is 4.79 Å². The zero-order valence-corrected chi connectivity index (χ0v) is 16.1. The van der Waals surface area contributed by atoms with Crippen LogP contribution in [0, 0.1) is 0 Å². The number of methoxy groups -OCH3 is 1. The van der Waals surface area contributed by atoms with Gasteiger partial charge in [0.1, 0.15) is 6.04 Å². The highest BCUT2D eigenvalue weighted by Gasteiger charge is 2.27. The molecule has 0 aromatic heterocycles. The minimum Gasteiger partial charge on any atom is -0.453 e. The maximum atomic E-state index is 12.8. The van der Waals surface area contributed by atoms with Crippen molar-refractivity contribution < 1.29 is 14.3 Å². The van der Waals surface area contributed by atoms with E-state index in [1.54, 1.807) is 0 Å². The lowest BCUT2D eigenvalue weighted by molar-refractivity contribution is -0.124. The van der Waals surface area contributed by atoms with Gasteiger partial charge in [0.15, 0.2) is 0 Å². The van der Waals surface area contributed by atoms with Gasteiger partial charge in [-0.1, -0.05) is 60.7 Å². The second kappa shape index (κ2) is 9.90. The molecule has 1 heterocycles. The first-order valence-electron chi connectivity index (χ1n) is 9.62. The van der Waals surface area contributed by atoms with Crippen molar-refractivity contribution in [2.75, 3.05) is 20.2 Å². The number of carbonyl (C=O) groups excluding carboxylic acids is 2. The zero-order chi connectivity index (χ0) is 19.8. The van der Waals surface area contributed by atoms with E-state index in [1.165, 1.54) is 12.7 Å². The number of likely N-dealkylation sites (tertiary alicyclic amines) is 1. The standard InChI is InChI=1S/C22H27N3O3/c1-28-22(27)24-20(18-10-6-3-7-11-18)21(26)23-19-12-14-25(15-13-19)16-17-8-4-2-5-9-17/h2-11,19-20H,12-16H2,1H3,(H,23,26)(H,24,27). The van der Waals surface area contributed by atoms with Crippen molar-refractivity contribution in [1.29, 1.82) is 0 Å². The summed E-state index contributed by atoms with van der Waals surface area (Å²) >= 11 is 0. The van der Waals surface area contributed by atoms with E-state index in [0.717, 1.165) is 38.0 Å². The van der Waals surface area contributed by atoms with Gasteiger partial charge in [0.2, 0.25) is 5.91 Å². The van der Waals surface area contributed by atoms with Crippen LogP contribution in [-0.2, 0) is 16.1 Å². The lowest BCUT2D eigenvalue weighted by Gasteiger charge is -2.33. The Bertz CT molecular complexity index is 759. The summed E-state index contributed by atoms with van der Waals surface area (Å²) in [6.45, 7) is 2.79. The van der Waals surface area contributed by atoms with Crippen molar-refractivity contribution in [2.24, 2.45) is 0 Å². The molecule has 2 N–H and O–H groups in total. The molecule has 1 atom stereocenters. The van der Waals surface area contributed by atoms with Crippen LogP contribution in [0.3, 0.4) is 0 Å². The molecule has 0 aliphatic carbocycles. The summed E-state index contributed by atoms with van der Waals surface area (Å²) < 4.78 is 4.68. The fourth-order valence-electron chi connectivity index (χ4n) is 3.48. The van der Waals surface area contributed by atoms with Gasteiger partial charge in [-0.05, 0) is 24.0 Å². The largest absolute Gasteiger partial charge is 0.453 e. The summed E-state index contributed by atoms with van der Waals surface area (Å²) in [4.78, 5) is 26.9. The Balaban J connectivity index is 1.55. The van der Waals surface area contributed by atoms with Crippen LogP contribution in [-0.4, -0.2) is 43.1 Å². The summed E-state index contributed by atoms with van der Waals surface area (Å²) in [7, 11) is 1.29. The Morgan fingerprint density at radius 1 is 1.04 bits per heavy atom. The third-order valence-electron chi connectivity index (χ3n) is 5.03. The zero-order valence-electron chi connectivity index (χ0n) is 16.1. The van der Waals surface area contributed by atoms with Crippen LogP contribution in [0.15, 0.2) is 60.7 Å². The van der Waals surface area contributed by atoms with Crippen LogP contribution in [0.2, 0.25) is 0 Å². The number of nitrogens with one attached hydrogen (secondary N) is 2. The SMILES string of the molecule is COC(=O)NC(C(=O)NC1CCN(Cc2ccccc2)CC1)c1ccccc1. The highest BCUT2D eigenvalue weighted by atomic mass is 16.5. The molecule has 0 bridgehead atoms. The molecule has 1 saturated heterocycles. The van der Waals surface area contributed by atoms with Gasteiger partial charge in [0.05, 0.1) is 7.11 Å². The van der Waals surface area contributed by atoms with Crippen LogP contribution < -0.4 is 10.6 Å². The van der Waals surface area contributed by atoms with Gasteiger partial charge in [-0.3, -0.25) is 9.69 Å². The van der Waals surface area contributed by atoms with E-state index in [4.69, 9.17) is 0 Å². The van der Waals surface area contributed by atoms with Gasteiger partial charge in [0, 0.05) is 25.7 Å². The van der Waals surface area contributed by atoms with E-state index >= 15 is 0 Å². The second-order valence-electron chi connectivity index (χ2n) is 7.02. The second-order valence-corrected chi connectivity index (χ2v) is 7.02. The first-order valence-corrected chi connectivity index (χ1v) is 9.62. The van der Waals surface area contributed by atoms with Crippen molar-refractivity contribution in [3.8, 4) is 0 Å². The molecule has 1 aliphatic rings. The van der Waals surface area contributed by atoms with E-state index in [0.29, 0.717) is 0 Å². The molecular formula is C22H27N3O3. The molecule has 1 fully saturated rings. The molecule has 148 valence electrons. The van der Waals surface area contributed by atoms with Crippen molar-refractivity contribution in [2.45, 2.75) is 31.5 Å². The minimum atomic E-state index is -0.768. The monoisotopic (exact) mass is 381 g/mol. The smallest absolute Gasteiger partial charge is 0.407 e. The lowest BCUT2D eigenvalue weighted by atomic mass is 10.0. The average Bonchev–Trinajstić information content (AvgIpc) is 2.74. The molecule has 1 unspecified atom stereocenters. The molecule has 3 rings (SSSR count). The number of ether oxygens (including phenoxy) is 1. The maximum Gasteiger partial charge on any atom is 0.407 e. The highest BCUT2D eigenvalue weighted by Crippen LogP contribution is 2.17. The Labute approximate surface area is 165 Å². The van der Waals surface area contributed by atoms with Crippen molar-refractivity contribution >= 4 is 12.0 Å². The molecule has 2 aromatic carbocycles. The molecule has 2 amide bonds. The lowest BCUT2D eigenvalue weighted by Crippen LogP contribution is -2.48. The van der Waals surface area contributed by atoms with Gasteiger partial charge in [0.25, 0.3) is 0 Å². The van der Waals surface area contributed by atoms with Crippen molar-refractivity contribution in [3.63, 3.8) is 0 Å². The summed E-state index contributed by atoms with van der Waals surface area (Å²) in [5, 5.41) is 5.73. The van der Waals surface area contributed by atoms with E-state index in [-0.39, 0.29) is 11.9 Å². The summed E-state index contributed by atoms with van der Waals surface area (Å²) in [5.74, 6) is -0.210. The van der Waals surface area contributed by atoms with Gasteiger partial charge in [-0.2, -0.15) is 0 Å². The number of rotatable bonds is 6. The molecule has 28 heavy (non-hydrogen) atoms. The topological polar surface area (TPSA) is 70.7 Å². The number of hydrogen-bond donors (Lipinski definition) is 2. The fraction of sp³-hybridized carbons (Fsp3) is 0.364. The van der Waals surface area contributed by atoms with Crippen molar-refractivity contribution in [1.82, 2.24) is 15.5 Å². The van der Waals surface area contributed by atoms with Crippen LogP contribution in [0.25, 0.3) is 0 Å². The average molecular weight is 381 g/mol. The number of amides is 2. The first-order chi connectivity index (χ1) is 13.7. The molecule has 0 spiro atoms. The van der Waals surface area contributed by atoms with Crippen LogP contribution >= 0.6 is 0 Å². The minimum absolute atomic E-state index is 0.102. The normalized spacial score (nSPS) is 16.2. The van der Waals surface area contributed by atoms with Crippen molar-refractivity contribution in [3.05, 3.63) is 71.8 Å². The maximum absolute atomic E-state index is 12.8. The molecular weight excluding hydrogens is 354 g/mol. The molecule has 1 aliphatic heterocycles. The molecule has 6 heteroatoms. The van der Waals surface area contributed by atoms with E-state index in [9.17, 15) is 9.59 Å². The highest BCUT2D eigenvalue weighted by molar-refractivity contribution is 5.87. The third-order valence-corrected chi connectivity index (χ3v) is 5.03. The Kier molecular flexibility index (Phi) is 7.03. The number of hydrogen-bond acceptors (Lipinski definition) is 4. The number of alkyl carbamates (subject to hydrolysis) is 1. The molecule has 6 nitrogen and oxygen atoms in total. The third kappa shape index (κ3) is 5.57. The Hall–Kier alpha value is -2.86. The summed E-state index contributed by atoms with van der Waals surface area (Å²) in [6.07, 6.45) is 1.15. The Morgan fingerprint density at radius 2 is 1.64 bits per heavy atom. The number of carbonyl (C=O) groups is 2. The van der Waals surface area contributed by atoms with E-state index < -0.39 is 12.1 Å². The predicted octanol–water partition coefficient (Wildman–Crippen LogP) is 2.86.